The van der Waals surface area contributed by atoms with Gasteiger partial charge in [0.15, 0.2) is 0 Å². The largest absolute Gasteiger partial charge is 0.481 e. The fourth-order valence-electron chi connectivity index (χ4n) is 2.77. The van der Waals surface area contributed by atoms with Crippen LogP contribution in [0, 0.1) is 0 Å². The summed E-state index contributed by atoms with van der Waals surface area (Å²) in [5, 5.41) is 0.608. The molecule has 6 nitrogen and oxygen atoms in total. The van der Waals surface area contributed by atoms with E-state index in [9.17, 15) is 4.79 Å². The van der Waals surface area contributed by atoms with Crippen LogP contribution in [0.4, 0.5) is 0 Å². The molecule has 2 aromatic heterocycles. The quantitative estimate of drug-likeness (QED) is 0.748. The number of methoxy groups -OCH3 is 1. The Hall–Kier alpha value is -2.73. The number of nitrogens with zero attached hydrogens (tertiary/aromatic N) is 3. The van der Waals surface area contributed by atoms with Gasteiger partial charge in [0.2, 0.25) is 5.88 Å². The molecule has 0 saturated heterocycles. The summed E-state index contributed by atoms with van der Waals surface area (Å²) in [5.74, 6) is 1.27. The van der Waals surface area contributed by atoms with Gasteiger partial charge in [-0.15, -0.1) is 0 Å². The minimum atomic E-state index is -0.108. The average Bonchev–Trinajstić information content (AvgIpc) is 2.61. The number of rotatable bonds is 6. The van der Waals surface area contributed by atoms with Crippen molar-refractivity contribution in [1.82, 2.24) is 19.9 Å². The highest BCUT2D eigenvalue weighted by Crippen LogP contribution is 2.19. The molecule has 0 radical (unpaired) electrons. The van der Waals surface area contributed by atoms with Gasteiger partial charge in [-0.3, -0.25) is 9.69 Å². The number of ether oxygens (including phenoxy) is 1. The van der Waals surface area contributed by atoms with Gasteiger partial charge in [-0.05, 0) is 32.0 Å². The number of hydrogen-bond acceptors (Lipinski definition) is 5. The summed E-state index contributed by atoms with van der Waals surface area (Å²) in [7, 11) is 1.62. The first-order valence-corrected chi connectivity index (χ1v) is 8.28. The van der Waals surface area contributed by atoms with Gasteiger partial charge in [0.05, 0.1) is 24.6 Å². The molecule has 0 amide bonds. The predicted octanol–water partition coefficient (Wildman–Crippen LogP) is 2.74. The molecule has 130 valence electrons. The SMILES string of the molecule is COc1ncccc1CN(Cc1nc2ccccc2c(=O)[nH]1)C(C)C. The Morgan fingerprint density at radius 3 is 2.72 bits per heavy atom. The third-order valence-electron chi connectivity index (χ3n) is 4.16. The molecule has 3 rings (SSSR count). The maximum atomic E-state index is 12.3. The second kappa shape index (κ2) is 7.44. The molecule has 1 N–H and O–H groups in total. The van der Waals surface area contributed by atoms with E-state index in [1.54, 1.807) is 19.4 Å². The second-order valence-electron chi connectivity index (χ2n) is 6.20. The number of benzene rings is 1. The first-order valence-electron chi connectivity index (χ1n) is 8.28. The number of aromatic amines is 1. The van der Waals surface area contributed by atoms with Crippen molar-refractivity contribution in [2.75, 3.05) is 7.11 Å². The molecule has 1 aromatic carbocycles. The topological polar surface area (TPSA) is 71.1 Å². The summed E-state index contributed by atoms with van der Waals surface area (Å²) >= 11 is 0. The highest BCUT2D eigenvalue weighted by Gasteiger charge is 2.16. The third-order valence-corrected chi connectivity index (χ3v) is 4.16. The summed E-state index contributed by atoms with van der Waals surface area (Å²) < 4.78 is 5.34. The van der Waals surface area contributed by atoms with Crippen LogP contribution in [-0.2, 0) is 13.1 Å². The highest BCUT2D eigenvalue weighted by atomic mass is 16.5. The van der Waals surface area contributed by atoms with E-state index in [4.69, 9.17) is 4.74 Å². The van der Waals surface area contributed by atoms with Crippen LogP contribution in [0.25, 0.3) is 10.9 Å². The van der Waals surface area contributed by atoms with E-state index < -0.39 is 0 Å². The van der Waals surface area contributed by atoms with E-state index in [1.165, 1.54) is 0 Å². The van der Waals surface area contributed by atoms with Crippen molar-refractivity contribution in [3.05, 3.63) is 64.3 Å². The van der Waals surface area contributed by atoms with Crippen molar-refractivity contribution >= 4 is 10.9 Å². The first kappa shape index (κ1) is 17.1. The van der Waals surface area contributed by atoms with Gasteiger partial charge in [0.1, 0.15) is 5.82 Å². The number of fused-ring (bicyclic) bond motifs is 1. The molecule has 25 heavy (non-hydrogen) atoms. The number of pyridine rings is 1. The Kier molecular flexibility index (Phi) is 5.09. The Morgan fingerprint density at radius 1 is 1.16 bits per heavy atom. The minimum Gasteiger partial charge on any atom is -0.481 e. The smallest absolute Gasteiger partial charge is 0.258 e. The monoisotopic (exact) mass is 338 g/mol. The summed E-state index contributed by atoms with van der Waals surface area (Å²) in [4.78, 5) is 26.2. The number of para-hydroxylation sites is 1. The van der Waals surface area contributed by atoms with Crippen LogP contribution in [0.5, 0.6) is 5.88 Å². The number of nitrogens with one attached hydrogen (secondary N) is 1. The zero-order valence-corrected chi connectivity index (χ0v) is 14.7. The summed E-state index contributed by atoms with van der Waals surface area (Å²) in [5.41, 5.74) is 1.61. The molecule has 0 bridgehead atoms. The maximum Gasteiger partial charge on any atom is 0.258 e. The van der Waals surface area contributed by atoms with Gasteiger partial charge in [0.25, 0.3) is 5.56 Å². The van der Waals surface area contributed by atoms with Crippen molar-refractivity contribution in [2.45, 2.75) is 33.0 Å². The summed E-state index contributed by atoms with van der Waals surface area (Å²) in [6.07, 6.45) is 1.71. The summed E-state index contributed by atoms with van der Waals surface area (Å²) in [6, 6.07) is 11.5. The molecule has 2 heterocycles. The Balaban J connectivity index is 1.89. The maximum absolute atomic E-state index is 12.3. The van der Waals surface area contributed by atoms with Crippen LogP contribution < -0.4 is 10.3 Å². The highest BCUT2D eigenvalue weighted by molar-refractivity contribution is 5.77. The second-order valence-corrected chi connectivity index (χ2v) is 6.20. The van der Waals surface area contributed by atoms with Gasteiger partial charge < -0.3 is 9.72 Å². The first-order chi connectivity index (χ1) is 12.1. The molecule has 0 aliphatic rings. The molecule has 6 heteroatoms. The lowest BCUT2D eigenvalue weighted by atomic mass is 10.2. The lowest BCUT2D eigenvalue weighted by Crippen LogP contribution is -2.31. The van der Waals surface area contributed by atoms with Crippen LogP contribution in [0.3, 0.4) is 0 Å². The molecule has 3 aromatic rings. The zero-order valence-electron chi connectivity index (χ0n) is 14.7. The van der Waals surface area contributed by atoms with E-state index in [1.807, 2.05) is 30.3 Å². The van der Waals surface area contributed by atoms with E-state index >= 15 is 0 Å². The van der Waals surface area contributed by atoms with Crippen molar-refractivity contribution in [3.63, 3.8) is 0 Å². The van der Waals surface area contributed by atoms with Crippen LogP contribution in [0.2, 0.25) is 0 Å². The molecular formula is C19H22N4O2. The average molecular weight is 338 g/mol. The van der Waals surface area contributed by atoms with Crippen LogP contribution in [0.15, 0.2) is 47.4 Å². The lowest BCUT2D eigenvalue weighted by Gasteiger charge is -2.26. The van der Waals surface area contributed by atoms with Gasteiger partial charge in [0, 0.05) is 24.3 Å². The van der Waals surface area contributed by atoms with Gasteiger partial charge in [-0.25, -0.2) is 9.97 Å². The third kappa shape index (κ3) is 3.85. The summed E-state index contributed by atoms with van der Waals surface area (Å²) in [6.45, 7) is 5.42. The van der Waals surface area contributed by atoms with Crippen molar-refractivity contribution in [2.24, 2.45) is 0 Å². The normalized spacial score (nSPS) is 11.4. The molecular weight excluding hydrogens is 316 g/mol. The Labute approximate surface area is 146 Å². The van der Waals surface area contributed by atoms with E-state index in [0.717, 1.165) is 5.56 Å². The molecule has 0 aliphatic carbocycles. The Morgan fingerprint density at radius 2 is 1.96 bits per heavy atom. The molecule has 0 saturated carbocycles. The molecule has 0 unspecified atom stereocenters. The van der Waals surface area contributed by atoms with Crippen LogP contribution in [0.1, 0.15) is 25.2 Å². The van der Waals surface area contributed by atoms with E-state index in [0.29, 0.717) is 35.7 Å². The van der Waals surface area contributed by atoms with Gasteiger partial charge >= 0.3 is 0 Å². The van der Waals surface area contributed by atoms with Crippen molar-refractivity contribution in [3.8, 4) is 5.88 Å². The standard InChI is InChI=1S/C19H22N4O2/c1-13(2)23(11-14-7-6-10-20-19(14)25-3)12-17-21-16-9-5-4-8-15(16)18(24)22-17/h4-10,13H,11-12H2,1-3H3,(H,21,22,24). The molecule has 0 spiro atoms. The Bertz CT molecular complexity index is 920. The predicted molar refractivity (Wildman–Crippen MR) is 97.5 cm³/mol. The number of H-pyrrole nitrogens is 1. The van der Waals surface area contributed by atoms with Gasteiger partial charge in [-0.2, -0.15) is 0 Å². The van der Waals surface area contributed by atoms with E-state index in [2.05, 4.69) is 33.7 Å². The van der Waals surface area contributed by atoms with E-state index in [-0.39, 0.29) is 11.6 Å². The number of aromatic nitrogens is 3. The van der Waals surface area contributed by atoms with Crippen LogP contribution in [-0.4, -0.2) is 33.0 Å². The number of hydrogen-bond donors (Lipinski definition) is 1. The minimum absolute atomic E-state index is 0.108. The molecule has 0 fully saturated rings. The fraction of sp³-hybridized carbons (Fsp3) is 0.316. The van der Waals surface area contributed by atoms with Crippen molar-refractivity contribution < 1.29 is 4.74 Å². The molecule has 0 atom stereocenters. The van der Waals surface area contributed by atoms with Crippen molar-refractivity contribution in [1.29, 1.82) is 0 Å². The zero-order chi connectivity index (χ0) is 17.8. The fourth-order valence-corrected chi connectivity index (χ4v) is 2.77. The van der Waals surface area contributed by atoms with Gasteiger partial charge in [-0.1, -0.05) is 18.2 Å². The molecule has 0 aliphatic heterocycles. The lowest BCUT2D eigenvalue weighted by molar-refractivity contribution is 0.195. The van der Waals surface area contributed by atoms with Crippen LogP contribution >= 0.6 is 0 Å².